The Morgan fingerprint density at radius 2 is 2.12 bits per heavy atom. The van der Waals surface area contributed by atoms with Gasteiger partial charge in [0.1, 0.15) is 0 Å². The average Bonchev–Trinajstić information content (AvgIpc) is 2.28. The molecule has 0 saturated heterocycles. The van der Waals surface area contributed by atoms with Crippen LogP contribution in [0.4, 0.5) is 0 Å². The van der Waals surface area contributed by atoms with E-state index in [-0.39, 0.29) is 23.5 Å². The summed E-state index contributed by atoms with van der Waals surface area (Å²) < 4.78 is 4.54. The lowest BCUT2D eigenvalue weighted by Crippen LogP contribution is -2.06. The Hall–Kier alpha value is -0.870. The summed E-state index contributed by atoms with van der Waals surface area (Å²) in [7, 11) is 1.33. The van der Waals surface area contributed by atoms with Gasteiger partial charge in [-0.3, -0.25) is 9.59 Å². The van der Waals surface area contributed by atoms with E-state index in [1.807, 2.05) is 0 Å². The number of ketones is 1. The molecule has 1 rings (SSSR count). The molecule has 1 aromatic carbocycles. The van der Waals surface area contributed by atoms with Gasteiger partial charge in [0.05, 0.1) is 23.9 Å². The Kier molecular flexibility index (Phi) is 4.96. The minimum absolute atomic E-state index is 0.0883. The second-order valence-corrected chi connectivity index (χ2v) is 4.09. The van der Waals surface area contributed by atoms with Gasteiger partial charge in [0.25, 0.3) is 0 Å². The highest BCUT2D eigenvalue weighted by atomic mass is 79.9. The van der Waals surface area contributed by atoms with Crippen LogP contribution < -0.4 is 0 Å². The Morgan fingerprint density at radius 1 is 1.44 bits per heavy atom. The third-order valence-electron chi connectivity index (χ3n) is 2.03. The first-order valence-corrected chi connectivity index (χ1v) is 6.02. The van der Waals surface area contributed by atoms with E-state index in [4.69, 9.17) is 11.6 Å². The summed E-state index contributed by atoms with van der Waals surface area (Å²) in [5.74, 6) is -0.426. The fraction of sp³-hybridized carbons (Fsp3) is 0.273. The van der Waals surface area contributed by atoms with E-state index in [0.717, 1.165) is 5.56 Å². The Morgan fingerprint density at radius 3 is 2.62 bits per heavy atom. The number of carbonyl (C=O) groups is 2. The molecule has 0 heterocycles. The monoisotopic (exact) mass is 304 g/mol. The van der Waals surface area contributed by atoms with Gasteiger partial charge in [-0.2, -0.15) is 0 Å². The zero-order chi connectivity index (χ0) is 12.1. The van der Waals surface area contributed by atoms with Crippen LogP contribution in [-0.4, -0.2) is 24.2 Å². The molecular weight excluding hydrogens is 295 g/mol. The maximum absolute atomic E-state index is 11.4. The second-order valence-electron chi connectivity index (χ2n) is 3.12. The molecule has 0 aliphatic carbocycles. The molecule has 3 nitrogen and oxygen atoms in total. The van der Waals surface area contributed by atoms with E-state index in [2.05, 4.69) is 20.7 Å². The molecule has 0 unspecified atom stereocenters. The van der Waals surface area contributed by atoms with Crippen LogP contribution in [0.25, 0.3) is 0 Å². The molecule has 0 amide bonds. The smallest absolute Gasteiger partial charge is 0.309 e. The number of methoxy groups -OCH3 is 1. The highest BCUT2D eigenvalue weighted by Gasteiger charge is 2.11. The second kappa shape index (κ2) is 6.01. The first-order chi connectivity index (χ1) is 7.58. The molecule has 0 spiro atoms. The van der Waals surface area contributed by atoms with Gasteiger partial charge < -0.3 is 4.74 Å². The molecule has 0 aliphatic heterocycles. The molecule has 5 heteroatoms. The molecule has 0 aromatic heterocycles. The lowest BCUT2D eigenvalue weighted by atomic mass is 10.1. The Bertz CT molecular complexity index is 418. The number of benzene rings is 1. The maximum Gasteiger partial charge on any atom is 0.309 e. The number of halogens is 2. The van der Waals surface area contributed by atoms with Crippen LogP contribution in [0.3, 0.4) is 0 Å². The summed E-state index contributed by atoms with van der Waals surface area (Å²) in [4.78, 5) is 22.4. The van der Waals surface area contributed by atoms with Crippen molar-refractivity contribution in [3.05, 3.63) is 34.3 Å². The van der Waals surface area contributed by atoms with Gasteiger partial charge >= 0.3 is 5.97 Å². The van der Waals surface area contributed by atoms with Crippen molar-refractivity contribution in [3.8, 4) is 0 Å². The topological polar surface area (TPSA) is 43.4 Å². The summed E-state index contributed by atoms with van der Waals surface area (Å²) in [6.07, 6.45) is 0.152. The van der Waals surface area contributed by atoms with Crippen LogP contribution in [0.2, 0.25) is 5.02 Å². The van der Waals surface area contributed by atoms with E-state index in [1.165, 1.54) is 7.11 Å². The predicted octanol–water partition coefficient (Wildman–Crippen LogP) is 2.63. The van der Waals surface area contributed by atoms with E-state index >= 15 is 0 Å². The average molecular weight is 306 g/mol. The molecule has 86 valence electrons. The quantitative estimate of drug-likeness (QED) is 0.488. The fourth-order valence-electron chi connectivity index (χ4n) is 1.21. The van der Waals surface area contributed by atoms with Crippen molar-refractivity contribution in [2.24, 2.45) is 0 Å². The first kappa shape index (κ1) is 13.2. The van der Waals surface area contributed by atoms with Gasteiger partial charge in [-0.1, -0.05) is 33.6 Å². The van der Waals surface area contributed by atoms with Crippen LogP contribution in [0, 0.1) is 0 Å². The summed E-state index contributed by atoms with van der Waals surface area (Å²) in [6, 6.07) is 4.91. The fourth-order valence-corrected chi connectivity index (χ4v) is 1.82. The molecule has 0 fully saturated rings. The number of Topliss-reactive ketones (excluding diaryl/α,β-unsaturated/α-hetero) is 1. The largest absolute Gasteiger partial charge is 0.469 e. The number of ether oxygens (including phenoxy) is 1. The van der Waals surface area contributed by atoms with Crippen molar-refractivity contribution >= 4 is 39.3 Å². The first-order valence-electron chi connectivity index (χ1n) is 4.53. The lowest BCUT2D eigenvalue weighted by molar-refractivity contribution is -0.139. The minimum Gasteiger partial charge on any atom is -0.469 e. The van der Waals surface area contributed by atoms with Crippen LogP contribution in [0.1, 0.15) is 15.9 Å². The lowest BCUT2D eigenvalue weighted by Gasteiger charge is -2.04. The third-order valence-corrected chi connectivity index (χ3v) is 2.85. The minimum atomic E-state index is -0.337. The summed E-state index contributed by atoms with van der Waals surface area (Å²) in [5.41, 5.74) is 1.18. The van der Waals surface area contributed by atoms with E-state index < -0.39 is 0 Å². The van der Waals surface area contributed by atoms with E-state index in [0.29, 0.717) is 10.6 Å². The van der Waals surface area contributed by atoms with Gasteiger partial charge in [-0.25, -0.2) is 0 Å². The molecule has 0 saturated carbocycles. The van der Waals surface area contributed by atoms with Crippen molar-refractivity contribution in [1.82, 2.24) is 0 Å². The third kappa shape index (κ3) is 3.32. The molecule has 0 bridgehead atoms. The van der Waals surface area contributed by atoms with Crippen LogP contribution in [0.15, 0.2) is 18.2 Å². The number of alkyl halides is 1. The normalized spacial score (nSPS) is 9.94. The zero-order valence-electron chi connectivity index (χ0n) is 8.63. The summed E-state index contributed by atoms with van der Waals surface area (Å²) >= 11 is 9.01. The van der Waals surface area contributed by atoms with Gasteiger partial charge in [0.15, 0.2) is 5.78 Å². The van der Waals surface area contributed by atoms with Crippen molar-refractivity contribution in [2.45, 2.75) is 6.42 Å². The zero-order valence-corrected chi connectivity index (χ0v) is 11.0. The molecule has 1 aromatic rings. The highest BCUT2D eigenvalue weighted by Crippen LogP contribution is 2.19. The van der Waals surface area contributed by atoms with Crippen molar-refractivity contribution in [3.63, 3.8) is 0 Å². The van der Waals surface area contributed by atoms with Gasteiger partial charge in [-0.05, 0) is 17.7 Å². The molecule has 0 aliphatic rings. The van der Waals surface area contributed by atoms with E-state index in [9.17, 15) is 9.59 Å². The molecule has 0 atom stereocenters. The van der Waals surface area contributed by atoms with Crippen molar-refractivity contribution in [2.75, 3.05) is 12.4 Å². The SMILES string of the molecule is COC(=O)Cc1ccc(C(=O)CBr)c(Cl)c1. The maximum atomic E-state index is 11.4. The van der Waals surface area contributed by atoms with E-state index in [1.54, 1.807) is 18.2 Å². The molecule has 0 radical (unpaired) electrons. The van der Waals surface area contributed by atoms with Gasteiger partial charge in [0.2, 0.25) is 0 Å². The van der Waals surface area contributed by atoms with Crippen LogP contribution >= 0.6 is 27.5 Å². The number of rotatable bonds is 4. The number of carbonyl (C=O) groups excluding carboxylic acids is 2. The van der Waals surface area contributed by atoms with Gasteiger partial charge in [0, 0.05) is 5.56 Å². The number of esters is 1. The van der Waals surface area contributed by atoms with Crippen LogP contribution in [0.5, 0.6) is 0 Å². The molecule has 0 N–H and O–H groups in total. The Labute approximate surface area is 107 Å². The highest BCUT2D eigenvalue weighted by molar-refractivity contribution is 9.09. The Balaban J connectivity index is 2.91. The number of hydrogen-bond donors (Lipinski definition) is 0. The molecule has 16 heavy (non-hydrogen) atoms. The summed E-state index contributed by atoms with van der Waals surface area (Å²) in [6.45, 7) is 0. The number of hydrogen-bond acceptors (Lipinski definition) is 3. The predicted molar refractivity (Wildman–Crippen MR) is 65.3 cm³/mol. The van der Waals surface area contributed by atoms with Crippen molar-refractivity contribution < 1.29 is 14.3 Å². The van der Waals surface area contributed by atoms with Crippen molar-refractivity contribution in [1.29, 1.82) is 0 Å². The van der Waals surface area contributed by atoms with Gasteiger partial charge in [-0.15, -0.1) is 0 Å². The molecular formula is C11H10BrClO3. The standard InChI is InChI=1S/C11H10BrClO3/c1-16-11(15)5-7-2-3-8(9(13)4-7)10(14)6-12/h2-4H,5-6H2,1H3. The summed E-state index contributed by atoms with van der Waals surface area (Å²) in [5, 5.41) is 0.578. The van der Waals surface area contributed by atoms with Crippen LogP contribution in [-0.2, 0) is 16.0 Å².